The van der Waals surface area contributed by atoms with Gasteiger partial charge in [0.25, 0.3) is 0 Å². The van der Waals surface area contributed by atoms with Gasteiger partial charge in [-0.2, -0.15) is 0 Å². The van der Waals surface area contributed by atoms with Crippen LogP contribution in [-0.2, 0) is 65.6 Å². The van der Waals surface area contributed by atoms with E-state index >= 15 is 0 Å². The van der Waals surface area contributed by atoms with E-state index in [0.29, 0.717) is 17.5 Å². The van der Waals surface area contributed by atoms with E-state index in [1.54, 1.807) is 60.7 Å². The maximum absolute atomic E-state index is 14.6. The smallest absolute Gasteiger partial charge is 0.246 e. The molecule has 0 radical (unpaired) electrons. The zero-order chi connectivity index (χ0) is 53.5. The van der Waals surface area contributed by atoms with E-state index < -0.39 is 133 Å². The minimum absolute atomic E-state index is 0.0214. The first kappa shape index (κ1) is 58.2. The molecule has 0 aliphatic carbocycles. The number of guanidine groups is 1. The van der Waals surface area contributed by atoms with Crippen molar-refractivity contribution in [2.75, 3.05) is 31.1 Å². The van der Waals surface area contributed by atoms with Crippen LogP contribution < -0.4 is 65.9 Å². The molecule has 7 atom stereocenters. The lowest BCUT2D eigenvalue weighted by Crippen LogP contribution is -2.61. The predicted octanol–water partition coefficient (Wildman–Crippen LogP) is -4.05. The highest BCUT2D eigenvalue weighted by Gasteiger charge is 2.40. The molecular weight excluding hydrogens is 989 g/mol. The molecule has 2 aliphatic heterocycles. The fraction of sp³-hybridized carbons (Fsp3) is 0.478. The standard InChI is InChI=1S/C46H64N14O11S2/c47-35(61)16-15-29-40(66)58-32(23-36(48)62)43(69)59-33(45(71)60-19-8-14-34(60)44(70)56-28(13-7-18-52-46(50)51)39(65)53-24-37(49)63)25-73-72-20-17-38(64)54-30(21-26-9-3-1-4-10-26)41(67)57-31(42(68)55-29)22-27-11-5-2-6-12-27/h1-6,9-12,28-34H,7-8,13-25H2,(H2,47,61)(H2,48,62)(H2,49,63)(H,53,65)(H,54,64)(H,55,68)(H,56,70)(H,57,67)(H,58,66)(H,59,69)(H4,50,51,52)/t28-,29-,30-,31-,32-,33-,34-/m0/s1. The van der Waals surface area contributed by atoms with Gasteiger partial charge in [-0.3, -0.25) is 57.7 Å². The molecule has 2 aliphatic rings. The van der Waals surface area contributed by atoms with Crippen molar-refractivity contribution in [1.29, 1.82) is 0 Å². The van der Waals surface area contributed by atoms with E-state index in [2.05, 4.69) is 42.2 Å². The van der Waals surface area contributed by atoms with E-state index in [9.17, 15) is 52.7 Å². The van der Waals surface area contributed by atoms with Crippen molar-refractivity contribution < 1.29 is 52.7 Å². The topological polar surface area (TPSA) is 418 Å². The van der Waals surface area contributed by atoms with Gasteiger partial charge in [0.05, 0.1) is 13.0 Å². The lowest BCUT2D eigenvalue weighted by atomic mass is 10.0. The fourth-order valence-electron chi connectivity index (χ4n) is 7.76. The molecular formula is C46H64N14O11S2. The van der Waals surface area contributed by atoms with E-state index in [4.69, 9.17) is 28.7 Å². The molecule has 17 N–H and O–H groups in total. The summed E-state index contributed by atoms with van der Waals surface area (Å²) >= 11 is 0. The Hall–Kier alpha value is -7.42. The third-order valence-electron chi connectivity index (χ3n) is 11.4. The first-order valence-electron chi connectivity index (χ1n) is 23.4. The van der Waals surface area contributed by atoms with Crippen molar-refractivity contribution in [1.82, 2.24) is 42.1 Å². The first-order valence-corrected chi connectivity index (χ1v) is 25.9. The Morgan fingerprint density at radius 3 is 1.86 bits per heavy atom. The maximum Gasteiger partial charge on any atom is 0.246 e. The Morgan fingerprint density at radius 1 is 0.699 bits per heavy atom. The summed E-state index contributed by atoms with van der Waals surface area (Å²) in [6.07, 6.45) is -1.06. The number of hydrogen-bond donors (Lipinski definition) is 12. The molecule has 11 amide bonds. The number of benzene rings is 2. The minimum Gasteiger partial charge on any atom is -0.370 e. The van der Waals surface area contributed by atoms with Gasteiger partial charge in [0.1, 0.15) is 42.3 Å². The Kier molecular flexibility index (Phi) is 23.7. The molecule has 2 saturated heterocycles. The van der Waals surface area contributed by atoms with Gasteiger partial charge in [-0.15, -0.1) is 0 Å². The number of carbonyl (C=O) groups excluding carboxylic acids is 11. The Balaban J connectivity index is 1.68. The van der Waals surface area contributed by atoms with Gasteiger partial charge in [-0.25, -0.2) is 0 Å². The van der Waals surface area contributed by atoms with Gasteiger partial charge < -0.3 is 70.8 Å². The molecule has 0 aromatic heterocycles. The third-order valence-corrected chi connectivity index (χ3v) is 13.8. The third kappa shape index (κ3) is 20.3. The molecule has 0 unspecified atom stereocenters. The van der Waals surface area contributed by atoms with E-state index in [1.165, 1.54) is 4.90 Å². The second kappa shape index (κ2) is 29.8. The largest absolute Gasteiger partial charge is 0.370 e. The monoisotopic (exact) mass is 1050 g/mol. The number of hydrogen-bond acceptors (Lipinski definition) is 14. The summed E-state index contributed by atoms with van der Waals surface area (Å²) in [6, 6.07) is 7.76. The molecule has 27 heteroatoms. The molecule has 0 bridgehead atoms. The lowest BCUT2D eigenvalue weighted by molar-refractivity contribution is -0.142. The highest BCUT2D eigenvalue weighted by molar-refractivity contribution is 8.76. The van der Waals surface area contributed by atoms with Crippen LogP contribution in [0.25, 0.3) is 0 Å². The zero-order valence-electron chi connectivity index (χ0n) is 40.0. The highest BCUT2D eigenvalue weighted by atomic mass is 33.1. The van der Waals surface area contributed by atoms with Crippen LogP contribution in [0, 0.1) is 0 Å². The summed E-state index contributed by atoms with van der Waals surface area (Å²) in [6.45, 7) is -0.375. The highest BCUT2D eigenvalue weighted by Crippen LogP contribution is 2.26. The predicted molar refractivity (Wildman–Crippen MR) is 270 cm³/mol. The van der Waals surface area contributed by atoms with Crippen LogP contribution in [0.4, 0.5) is 0 Å². The average Bonchev–Trinajstić information content (AvgIpc) is 3.84. The molecule has 0 saturated carbocycles. The number of rotatable bonds is 19. The van der Waals surface area contributed by atoms with Gasteiger partial charge >= 0.3 is 0 Å². The van der Waals surface area contributed by atoms with Crippen molar-refractivity contribution in [2.24, 2.45) is 33.7 Å². The molecule has 25 nitrogen and oxygen atoms in total. The van der Waals surface area contributed by atoms with Crippen LogP contribution in [0.15, 0.2) is 65.7 Å². The summed E-state index contributed by atoms with van der Waals surface area (Å²) < 4.78 is 0. The van der Waals surface area contributed by atoms with Crippen LogP contribution in [-0.4, -0.2) is 149 Å². The van der Waals surface area contributed by atoms with Crippen LogP contribution in [0.3, 0.4) is 0 Å². The minimum atomic E-state index is -1.75. The number of amides is 11. The van der Waals surface area contributed by atoms with Gasteiger partial charge in [-0.05, 0) is 43.2 Å². The van der Waals surface area contributed by atoms with E-state index in [-0.39, 0.29) is 69.1 Å². The summed E-state index contributed by atoms with van der Waals surface area (Å²) in [7, 11) is 2.24. The van der Waals surface area contributed by atoms with E-state index in [0.717, 1.165) is 21.6 Å². The molecule has 2 fully saturated rings. The van der Waals surface area contributed by atoms with Crippen LogP contribution >= 0.6 is 21.6 Å². The number of aliphatic imine (C=N–C) groups is 1. The first-order chi connectivity index (χ1) is 34.8. The van der Waals surface area contributed by atoms with Crippen LogP contribution in [0.2, 0.25) is 0 Å². The van der Waals surface area contributed by atoms with Gasteiger partial charge in [0, 0.05) is 50.3 Å². The number of likely N-dealkylation sites (tertiary alicyclic amines) is 1. The van der Waals surface area contributed by atoms with Crippen molar-refractivity contribution in [3.8, 4) is 0 Å². The molecule has 0 spiro atoms. The second-order valence-corrected chi connectivity index (χ2v) is 19.8. The zero-order valence-corrected chi connectivity index (χ0v) is 41.6. The quantitative estimate of drug-likeness (QED) is 0.0276. The molecule has 73 heavy (non-hydrogen) atoms. The Morgan fingerprint density at radius 2 is 1.27 bits per heavy atom. The van der Waals surface area contributed by atoms with Gasteiger partial charge in [0.15, 0.2) is 5.96 Å². The fourth-order valence-corrected chi connectivity index (χ4v) is 9.91. The van der Waals surface area contributed by atoms with Crippen LogP contribution in [0.5, 0.6) is 0 Å². The molecule has 4 rings (SSSR count). The summed E-state index contributed by atoms with van der Waals surface area (Å²) in [5.41, 5.74) is 28.3. The number of primary amides is 3. The van der Waals surface area contributed by atoms with Crippen molar-refractivity contribution in [3.05, 3.63) is 71.8 Å². The molecule has 2 heterocycles. The number of carbonyl (C=O) groups is 11. The van der Waals surface area contributed by atoms with Crippen molar-refractivity contribution >= 4 is 92.5 Å². The summed E-state index contributed by atoms with van der Waals surface area (Å²) in [4.78, 5) is 153. The van der Waals surface area contributed by atoms with Crippen molar-refractivity contribution in [2.45, 2.75) is 107 Å². The van der Waals surface area contributed by atoms with E-state index in [1.807, 2.05) is 0 Å². The normalized spacial score (nSPS) is 21.9. The lowest BCUT2D eigenvalue weighted by Gasteiger charge is -2.31. The van der Waals surface area contributed by atoms with Gasteiger partial charge in [0.2, 0.25) is 65.0 Å². The number of nitrogens with two attached hydrogens (primary N) is 5. The second-order valence-electron chi connectivity index (χ2n) is 17.2. The average molecular weight is 1050 g/mol. The molecule has 396 valence electrons. The number of nitrogens with one attached hydrogen (secondary N) is 7. The number of nitrogens with zero attached hydrogens (tertiary/aromatic N) is 2. The molecule has 2 aromatic rings. The Labute approximate surface area is 429 Å². The maximum atomic E-state index is 14.6. The Bertz CT molecular complexity index is 2330. The van der Waals surface area contributed by atoms with Crippen molar-refractivity contribution in [3.63, 3.8) is 0 Å². The summed E-state index contributed by atoms with van der Waals surface area (Å²) in [5, 5.41) is 18.0. The SMILES string of the molecule is NC(=O)CC[C@@H]1NC(=O)[C@H](Cc2ccccc2)NC(=O)[C@H](Cc2ccccc2)NC(=O)CCSSC[C@@H](C(=O)N2CCC[C@H]2C(=O)N[C@@H](CCCN=C(N)N)C(=O)NCC(N)=O)NC(=O)[C@H](CC(N)=O)NC1=O. The van der Waals surface area contributed by atoms with Gasteiger partial charge in [-0.1, -0.05) is 82.3 Å². The summed E-state index contributed by atoms with van der Waals surface area (Å²) in [5.74, 6) is -9.41. The van der Waals surface area contributed by atoms with Crippen LogP contribution in [0.1, 0.15) is 62.5 Å². The molecule has 2 aromatic carbocycles.